The minimum absolute atomic E-state index is 0.158. The number of nitrogens with zero attached hydrogens (tertiary/aromatic N) is 1. The van der Waals surface area contributed by atoms with Gasteiger partial charge in [-0.15, -0.1) is 0 Å². The SMILES string of the molecule is CC(=O)NC(C)(C)C(=O)NC[C@H](c1ccccc1)N1CCC(C)CC1. The van der Waals surface area contributed by atoms with Crippen molar-refractivity contribution in [1.29, 1.82) is 0 Å². The monoisotopic (exact) mass is 345 g/mol. The Bertz CT molecular complexity index is 578. The standard InChI is InChI=1S/C20H31N3O2/c1-15-10-12-23(13-11-15)18(17-8-6-5-7-9-17)14-21-19(25)20(3,4)22-16(2)24/h5-9,15,18H,10-14H2,1-4H3,(H,21,25)(H,22,24)/t18-/m1/s1. The van der Waals surface area contributed by atoms with Crippen LogP contribution in [-0.4, -0.2) is 41.9 Å². The molecule has 2 amide bonds. The number of amides is 2. The van der Waals surface area contributed by atoms with Gasteiger partial charge in [0.25, 0.3) is 0 Å². The molecule has 1 aliphatic rings. The van der Waals surface area contributed by atoms with E-state index < -0.39 is 5.54 Å². The molecule has 138 valence electrons. The summed E-state index contributed by atoms with van der Waals surface area (Å²) < 4.78 is 0. The summed E-state index contributed by atoms with van der Waals surface area (Å²) in [4.78, 5) is 26.3. The number of carbonyl (C=O) groups is 2. The van der Waals surface area contributed by atoms with Crippen molar-refractivity contribution in [3.63, 3.8) is 0 Å². The Kier molecular flexibility index (Phi) is 6.59. The zero-order valence-corrected chi connectivity index (χ0v) is 15.8. The summed E-state index contributed by atoms with van der Waals surface area (Å²) in [5.74, 6) is 0.403. The molecule has 2 rings (SSSR count). The Balaban J connectivity index is 2.06. The van der Waals surface area contributed by atoms with Crippen LogP contribution in [0.15, 0.2) is 30.3 Å². The van der Waals surface area contributed by atoms with E-state index in [0.717, 1.165) is 19.0 Å². The van der Waals surface area contributed by atoms with Crippen molar-refractivity contribution in [3.05, 3.63) is 35.9 Å². The molecule has 0 saturated carbocycles. The lowest BCUT2D eigenvalue weighted by Gasteiger charge is -2.37. The number of carbonyl (C=O) groups excluding carboxylic acids is 2. The molecule has 0 radical (unpaired) electrons. The van der Waals surface area contributed by atoms with Crippen molar-refractivity contribution in [2.75, 3.05) is 19.6 Å². The molecule has 0 bridgehead atoms. The fraction of sp³-hybridized carbons (Fsp3) is 0.600. The number of likely N-dealkylation sites (tertiary alicyclic amines) is 1. The summed E-state index contributed by atoms with van der Waals surface area (Å²) in [6.45, 7) is 9.81. The topological polar surface area (TPSA) is 61.4 Å². The third kappa shape index (κ3) is 5.56. The molecule has 0 aliphatic carbocycles. The highest BCUT2D eigenvalue weighted by molar-refractivity contribution is 5.90. The van der Waals surface area contributed by atoms with Gasteiger partial charge in [0.15, 0.2) is 0 Å². The first-order chi connectivity index (χ1) is 11.8. The van der Waals surface area contributed by atoms with Gasteiger partial charge in [-0.25, -0.2) is 0 Å². The number of benzene rings is 1. The maximum absolute atomic E-state index is 12.5. The molecule has 0 unspecified atom stereocenters. The zero-order chi connectivity index (χ0) is 18.4. The van der Waals surface area contributed by atoms with E-state index in [4.69, 9.17) is 0 Å². The molecule has 1 aliphatic heterocycles. The Morgan fingerprint density at radius 2 is 1.80 bits per heavy atom. The summed E-state index contributed by atoms with van der Waals surface area (Å²) in [6.07, 6.45) is 2.38. The molecule has 1 heterocycles. The van der Waals surface area contributed by atoms with Gasteiger partial charge in [0.1, 0.15) is 5.54 Å². The van der Waals surface area contributed by atoms with E-state index in [1.165, 1.54) is 25.3 Å². The van der Waals surface area contributed by atoms with Crippen molar-refractivity contribution in [1.82, 2.24) is 15.5 Å². The van der Waals surface area contributed by atoms with E-state index >= 15 is 0 Å². The fourth-order valence-corrected chi connectivity index (χ4v) is 3.38. The van der Waals surface area contributed by atoms with E-state index in [0.29, 0.717) is 6.54 Å². The summed E-state index contributed by atoms with van der Waals surface area (Å²) in [5, 5.41) is 5.74. The Morgan fingerprint density at radius 3 is 2.36 bits per heavy atom. The smallest absolute Gasteiger partial charge is 0.245 e. The third-order valence-electron chi connectivity index (χ3n) is 4.96. The Morgan fingerprint density at radius 1 is 1.20 bits per heavy atom. The van der Waals surface area contributed by atoms with Crippen LogP contribution in [0.5, 0.6) is 0 Å². The first kappa shape index (κ1) is 19.4. The zero-order valence-electron chi connectivity index (χ0n) is 15.8. The normalized spacial score (nSPS) is 17.8. The molecule has 0 aromatic heterocycles. The minimum Gasteiger partial charge on any atom is -0.352 e. The average Bonchev–Trinajstić information content (AvgIpc) is 2.56. The van der Waals surface area contributed by atoms with Gasteiger partial charge in [0, 0.05) is 13.5 Å². The number of hydrogen-bond donors (Lipinski definition) is 2. The molecule has 5 nitrogen and oxygen atoms in total. The number of rotatable bonds is 6. The van der Waals surface area contributed by atoms with E-state index in [1.807, 2.05) is 18.2 Å². The van der Waals surface area contributed by atoms with Gasteiger partial charge < -0.3 is 10.6 Å². The predicted octanol–water partition coefficient (Wildman–Crippen LogP) is 2.49. The largest absolute Gasteiger partial charge is 0.352 e. The molecule has 1 aromatic rings. The van der Waals surface area contributed by atoms with Gasteiger partial charge in [-0.3, -0.25) is 14.5 Å². The van der Waals surface area contributed by atoms with Crippen LogP contribution < -0.4 is 10.6 Å². The molecule has 2 N–H and O–H groups in total. The Labute approximate surface area is 151 Å². The number of nitrogens with one attached hydrogen (secondary N) is 2. The molecule has 5 heteroatoms. The second-order valence-corrected chi connectivity index (χ2v) is 7.66. The van der Waals surface area contributed by atoms with Crippen LogP contribution in [0.1, 0.15) is 52.1 Å². The highest BCUT2D eigenvalue weighted by atomic mass is 16.2. The molecule has 0 spiro atoms. The van der Waals surface area contributed by atoms with Gasteiger partial charge in [0.2, 0.25) is 11.8 Å². The van der Waals surface area contributed by atoms with Crippen LogP contribution in [0.3, 0.4) is 0 Å². The molecular weight excluding hydrogens is 314 g/mol. The average molecular weight is 345 g/mol. The molecular formula is C20H31N3O2. The van der Waals surface area contributed by atoms with Gasteiger partial charge in [-0.05, 0) is 51.3 Å². The van der Waals surface area contributed by atoms with Gasteiger partial charge in [0.05, 0.1) is 6.04 Å². The summed E-state index contributed by atoms with van der Waals surface area (Å²) in [5.41, 5.74) is 0.304. The molecule has 25 heavy (non-hydrogen) atoms. The van der Waals surface area contributed by atoms with E-state index in [2.05, 4.69) is 34.6 Å². The predicted molar refractivity (Wildman–Crippen MR) is 100 cm³/mol. The second kappa shape index (κ2) is 8.48. The second-order valence-electron chi connectivity index (χ2n) is 7.66. The number of piperidine rings is 1. The van der Waals surface area contributed by atoms with Crippen LogP contribution in [0.25, 0.3) is 0 Å². The van der Waals surface area contributed by atoms with Crippen LogP contribution in [0, 0.1) is 5.92 Å². The minimum atomic E-state index is -0.913. The lowest BCUT2D eigenvalue weighted by molar-refractivity contribution is -0.131. The summed E-state index contributed by atoms with van der Waals surface area (Å²) >= 11 is 0. The van der Waals surface area contributed by atoms with Crippen molar-refractivity contribution >= 4 is 11.8 Å². The van der Waals surface area contributed by atoms with Gasteiger partial charge >= 0.3 is 0 Å². The van der Waals surface area contributed by atoms with E-state index in [1.54, 1.807) is 13.8 Å². The first-order valence-corrected chi connectivity index (χ1v) is 9.15. The third-order valence-corrected chi connectivity index (χ3v) is 4.96. The van der Waals surface area contributed by atoms with E-state index in [-0.39, 0.29) is 17.9 Å². The van der Waals surface area contributed by atoms with Crippen LogP contribution >= 0.6 is 0 Å². The van der Waals surface area contributed by atoms with E-state index in [9.17, 15) is 9.59 Å². The molecule has 1 atom stereocenters. The van der Waals surface area contributed by atoms with Crippen LogP contribution in [-0.2, 0) is 9.59 Å². The lowest BCUT2D eigenvalue weighted by Crippen LogP contribution is -2.55. The fourth-order valence-electron chi connectivity index (χ4n) is 3.38. The van der Waals surface area contributed by atoms with Crippen molar-refractivity contribution in [3.8, 4) is 0 Å². The lowest BCUT2D eigenvalue weighted by atomic mass is 9.95. The maximum atomic E-state index is 12.5. The highest BCUT2D eigenvalue weighted by Crippen LogP contribution is 2.26. The van der Waals surface area contributed by atoms with Crippen molar-refractivity contribution < 1.29 is 9.59 Å². The first-order valence-electron chi connectivity index (χ1n) is 9.15. The number of hydrogen-bond acceptors (Lipinski definition) is 3. The van der Waals surface area contributed by atoms with Gasteiger partial charge in [-0.2, -0.15) is 0 Å². The molecule has 1 saturated heterocycles. The molecule has 1 aromatic carbocycles. The summed E-state index contributed by atoms with van der Waals surface area (Å²) in [6, 6.07) is 10.5. The van der Waals surface area contributed by atoms with Crippen LogP contribution in [0.4, 0.5) is 0 Å². The molecule has 1 fully saturated rings. The van der Waals surface area contributed by atoms with Crippen molar-refractivity contribution in [2.24, 2.45) is 5.92 Å². The van der Waals surface area contributed by atoms with Gasteiger partial charge in [-0.1, -0.05) is 37.3 Å². The highest BCUT2D eigenvalue weighted by Gasteiger charge is 2.30. The Hall–Kier alpha value is -1.88. The maximum Gasteiger partial charge on any atom is 0.245 e. The van der Waals surface area contributed by atoms with Crippen LogP contribution in [0.2, 0.25) is 0 Å². The van der Waals surface area contributed by atoms with Crippen molar-refractivity contribution in [2.45, 2.75) is 52.1 Å². The summed E-state index contributed by atoms with van der Waals surface area (Å²) in [7, 11) is 0. The quantitative estimate of drug-likeness (QED) is 0.833.